The molecule has 3 aromatic carbocycles. The highest BCUT2D eigenvalue weighted by atomic mass is 19.1. The molecule has 0 atom stereocenters. The Morgan fingerprint density at radius 3 is 1.97 bits per heavy atom. The first-order chi connectivity index (χ1) is 16.7. The van der Waals surface area contributed by atoms with Gasteiger partial charge in [0, 0.05) is 17.0 Å². The van der Waals surface area contributed by atoms with Gasteiger partial charge in [0.2, 0.25) is 5.75 Å². The maximum absolute atomic E-state index is 16.0. The summed E-state index contributed by atoms with van der Waals surface area (Å²) in [4.78, 5) is 37.0. The number of hydrogen-bond donors (Lipinski definition) is 0. The number of fused-ring (bicyclic) bond motifs is 1. The van der Waals surface area contributed by atoms with Crippen molar-refractivity contribution in [3.05, 3.63) is 76.1 Å². The lowest BCUT2D eigenvalue weighted by molar-refractivity contribution is -0.385. The molecular formula is C27H28FNO7. The Morgan fingerprint density at radius 2 is 1.42 bits per heavy atom. The third-order valence-electron chi connectivity index (χ3n) is 4.86. The van der Waals surface area contributed by atoms with Gasteiger partial charge in [0.15, 0.2) is 11.7 Å². The number of ether oxygens (including phenoxy) is 3. The Hall–Kier alpha value is -4.01. The first-order valence-electron chi connectivity index (χ1n) is 11.3. The molecular weight excluding hydrogens is 469 g/mol. The van der Waals surface area contributed by atoms with Gasteiger partial charge in [-0.05, 0) is 59.1 Å². The monoisotopic (exact) mass is 497 g/mol. The van der Waals surface area contributed by atoms with Crippen LogP contribution in [0, 0.1) is 15.9 Å². The minimum absolute atomic E-state index is 0.165. The van der Waals surface area contributed by atoms with E-state index in [1.807, 2.05) is 18.2 Å². The molecule has 0 aliphatic rings. The number of nitro benzene ring substituents is 1. The summed E-state index contributed by atoms with van der Waals surface area (Å²) in [5, 5.41) is 13.1. The first-order valence-corrected chi connectivity index (χ1v) is 11.3. The summed E-state index contributed by atoms with van der Waals surface area (Å²) in [7, 11) is 0. The zero-order valence-electron chi connectivity index (χ0n) is 21.0. The fourth-order valence-electron chi connectivity index (χ4n) is 3.49. The molecule has 190 valence electrons. The number of rotatable bonds is 6. The lowest BCUT2D eigenvalue weighted by atomic mass is 9.96. The zero-order chi connectivity index (χ0) is 26.8. The largest absolute Gasteiger partial charge is 0.459 e. The minimum Gasteiger partial charge on any atom is -0.459 e. The predicted molar refractivity (Wildman–Crippen MR) is 132 cm³/mol. The molecule has 3 rings (SSSR count). The summed E-state index contributed by atoms with van der Waals surface area (Å²) in [6.07, 6.45) is 0. The molecule has 0 aliphatic heterocycles. The van der Waals surface area contributed by atoms with Crippen molar-refractivity contribution in [2.75, 3.05) is 0 Å². The van der Waals surface area contributed by atoms with Crippen molar-refractivity contribution in [3.8, 4) is 11.5 Å². The van der Waals surface area contributed by atoms with Gasteiger partial charge in [-0.25, -0.2) is 4.39 Å². The van der Waals surface area contributed by atoms with Crippen LogP contribution < -0.4 is 4.74 Å². The third kappa shape index (κ3) is 6.16. The molecule has 9 heteroatoms. The maximum Gasteiger partial charge on any atom is 0.325 e. The minimum atomic E-state index is -1.83. The summed E-state index contributed by atoms with van der Waals surface area (Å²) in [5.74, 6) is -5.75. The van der Waals surface area contributed by atoms with E-state index in [0.717, 1.165) is 17.5 Å². The smallest absolute Gasteiger partial charge is 0.325 e. The van der Waals surface area contributed by atoms with Crippen LogP contribution in [0.2, 0.25) is 0 Å². The Balaban J connectivity index is 2.18. The van der Waals surface area contributed by atoms with Gasteiger partial charge in [0.1, 0.15) is 17.0 Å². The maximum atomic E-state index is 16.0. The molecule has 0 aliphatic carbocycles. The zero-order valence-corrected chi connectivity index (χ0v) is 21.0. The Morgan fingerprint density at radius 1 is 0.861 bits per heavy atom. The van der Waals surface area contributed by atoms with Gasteiger partial charge in [-0.1, -0.05) is 36.4 Å². The normalized spacial score (nSPS) is 11.9. The summed E-state index contributed by atoms with van der Waals surface area (Å²) < 4.78 is 32.4. The van der Waals surface area contributed by atoms with E-state index in [1.165, 1.54) is 6.07 Å². The van der Waals surface area contributed by atoms with Crippen LogP contribution in [0.15, 0.2) is 54.6 Å². The van der Waals surface area contributed by atoms with Crippen molar-refractivity contribution in [1.29, 1.82) is 0 Å². The van der Waals surface area contributed by atoms with E-state index in [2.05, 4.69) is 0 Å². The quantitative estimate of drug-likeness (QED) is 0.167. The lowest BCUT2D eigenvalue weighted by Gasteiger charge is -2.26. The van der Waals surface area contributed by atoms with E-state index in [1.54, 1.807) is 59.7 Å². The number of esters is 2. The van der Waals surface area contributed by atoms with Crippen LogP contribution in [-0.4, -0.2) is 28.1 Å². The van der Waals surface area contributed by atoms with Gasteiger partial charge >= 0.3 is 17.6 Å². The van der Waals surface area contributed by atoms with Gasteiger partial charge in [-0.3, -0.25) is 19.7 Å². The van der Waals surface area contributed by atoms with Crippen molar-refractivity contribution in [3.63, 3.8) is 0 Å². The number of carbonyl (C=O) groups is 2. The van der Waals surface area contributed by atoms with E-state index in [9.17, 15) is 19.7 Å². The highest BCUT2D eigenvalue weighted by molar-refractivity contribution is 6.01. The average molecular weight is 498 g/mol. The Labute approximate surface area is 208 Å². The van der Waals surface area contributed by atoms with Gasteiger partial charge in [0.25, 0.3) is 0 Å². The number of halogens is 1. The molecule has 0 fully saturated rings. The van der Waals surface area contributed by atoms with Crippen molar-refractivity contribution in [1.82, 2.24) is 0 Å². The molecule has 0 saturated heterocycles. The Bertz CT molecular complexity index is 1290. The summed E-state index contributed by atoms with van der Waals surface area (Å²) in [6, 6.07) is 14.1. The van der Waals surface area contributed by atoms with Crippen LogP contribution >= 0.6 is 0 Å². The molecule has 0 aromatic heterocycles. The van der Waals surface area contributed by atoms with E-state index in [-0.39, 0.29) is 5.75 Å². The highest BCUT2D eigenvalue weighted by Crippen LogP contribution is 2.40. The van der Waals surface area contributed by atoms with Gasteiger partial charge in [0.05, 0.1) is 4.92 Å². The van der Waals surface area contributed by atoms with Crippen molar-refractivity contribution >= 4 is 28.4 Å². The lowest BCUT2D eigenvalue weighted by Crippen LogP contribution is -2.36. The molecule has 0 unspecified atom stereocenters. The molecule has 8 nitrogen and oxygen atoms in total. The molecule has 3 aromatic rings. The number of hydrogen-bond acceptors (Lipinski definition) is 7. The van der Waals surface area contributed by atoms with Crippen LogP contribution in [0.25, 0.3) is 10.8 Å². The SMILES string of the molecule is CC(C)(C)OC(=O)C(C(=O)OC(C)(C)C)c1ccc([N+](=O)[O-])c(Oc2cccc3ccccc23)c1F. The second-order valence-electron chi connectivity index (χ2n) is 10.2. The van der Waals surface area contributed by atoms with E-state index < -0.39 is 56.8 Å². The molecule has 0 heterocycles. The first kappa shape index (κ1) is 26.6. The second kappa shape index (κ2) is 9.93. The summed E-state index contributed by atoms with van der Waals surface area (Å²) >= 11 is 0. The standard InChI is InChI=1S/C27H28FNO7/c1-26(2,3)35-24(30)21(25(31)36-27(4,5)6)18-14-15-19(29(32)33)23(22(18)28)34-20-13-9-11-16-10-7-8-12-17(16)20/h7-15,21H,1-6H3. The Kier molecular flexibility index (Phi) is 7.33. The van der Waals surface area contributed by atoms with Crippen molar-refractivity contribution in [2.45, 2.75) is 58.7 Å². The van der Waals surface area contributed by atoms with Crippen molar-refractivity contribution < 1.29 is 33.1 Å². The van der Waals surface area contributed by atoms with Crippen LogP contribution in [0.1, 0.15) is 53.0 Å². The fourth-order valence-corrected chi connectivity index (χ4v) is 3.49. The molecule has 0 radical (unpaired) electrons. The topological polar surface area (TPSA) is 105 Å². The van der Waals surface area contributed by atoms with Gasteiger partial charge in [-0.2, -0.15) is 0 Å². The molecule has 0 spiro atoms. The molecule has 0 amide bonds. The van der Waals surface area contributed by atoms with Gasteiger partial charge in [-0.15, -0.1) is 0 Å². The molecule has 36 heavy (non-hydrogen) atoms. The van der Waals surface area contributed by atoms with Crippen LogP contribution in [0.4, 0.5) is 10.1 Å². The van der Waals surface area contributed by atoms with E-state index in [4.69, 9.17) is 14.2 Å². The molecule has 0 bridgehead atoms. The van der Waals surface area contributed by atoms with Crippen LogP contribution in [-0.2, 0) is 19.1 Å². The summed E-state index contributed by atoms with van der Waals surface area (Å²) in [5.41, 5.74) is -3.11. The predicted octanol–water partition coefficient (Wildman–Crippen LogP) is 6.45. The van der Waals surface area contributed by atoms with E-state index in [0.29, 0.717) is 5.39 Å². The van der Waals surface area contributed by atoms with E-state index >= 15 is 4.39 Å². The number of nitrogens with zero attached hydrogens (tertiary/aromatic N) is 1. The second-order valence-corrected chi connectivity index (χ2v) is 10.2. The number of benzene rings is 3. The van der Waals surface area contributed by atoms with Crippen molar-refractivity contribution in [2.24, 2.45) is 0 Å². The molecule has 0 saturated carbocycles. The number of carbonyl (C=O) groups excluding carboxylic acids is 2. The summed E-state index contributed by atoms with van der Waals surface area (Å²) in [6.45, 7) is 9.57. The molecule has 0 N–H and O–H groups in total. The van der Waals surface area contributed by atoms with Crippen LogP contribution in [0.3, 0.4) is 0 Å². The van der Waals surface area contributed by atoms with Crippen LogP contribution in [0.5, 0.6) is 11.5 Å². The van der Waals surface area contributed by atoms with Gasteiger partial charge < -0.3 is 14.2 Å². The average Bonchev–Trinajstić information content (AvgIpc) is 2.74. The highest BCUT2D eigenvalue weighted by Gasteiger charge is 2.40. The number of nitro groups is 1. The fraction of sp³-hybridized carbons (Fsp3) is 0.333. The third-order valence-corrected chi connectivity index (χ3v) is 4.86.